The van der Waals surface area contributed by atoms with Gasteiger partial charge in [-0.2, -0.15) is 5.26 Å². The summed E-state index contributed by atoms with van der Waals surface area (Å²) in [5, 5.41) is 23.5. The van der Waals surface area contributed by atoms with E-state index in [4.69, 9.17) is 14.4 Å². The summed E-state index contributed by atoms with van der Waals surface area (Å²) in [6.45, 7) is 5.09. The Hall–Kier alpha value is -2.89. The fourth-order valence-corrected chi connectivity index (χ4v) is 3.04. The number of anilines is 1. The maximum absolute atomic E-state index is 11.3. The first-order chi connectivity index (χ1) is 12.6. The number of nitrogens with zero attached hydrogens (tertiary/aromatic N) is 3. The van der Waals surface area contributed by atoms with E-state index in [1.165, 1.54) is 18.2 Å². The molecular formula is C18H20N4O4. The zero-order valence-corrected chi connectivity index (χ0v) is 14.5. The van der Waals surface area contributed by atoms with Crippen molar-refractivity contribution in [2.24, 2.45) is 0 Å². The van der Waals surface area contributed by atoms with Crippen LogP contribution in [0.1, 0.15) is 23.1 Å². The van der Waals surface area contributed by atoms with Crippen molar-refractivity contribution in [2.45, 2.75) is 13.0 Å². The molecule has 1 aliphatic heterocycles. The van der Waals surface area contributed by atoms with Crippen LogP contribution in [0, 0.1) is 28.4 Å². The van der Waals surface area contributed by atoms with Crippen LogP contribution in [-0.4, -0.2) is 42.7 Å². The van der Waals surface area contributed by atoms with Crippen LogP contribution in [0.4, 0.5) is 11.4 Å². The number of aryl methyl sites for hydroxylation is 1. The van der Waals surface area contributed by atoms with Gasteiger partial charge in [0.1, 0.15) is 17.2 Å². The Bertz CT molecular complexity index is 821. The number of ether oxygens (including phenoxy) is 1. The number of morpholine rings is 1. The van der Waals surface area contributed by atoms with Gasteiger partial charge >= 0.3 is 0 Å². The van der Waals surface area contributed by atoms with Gasteiger partial charge in [-0.1, -0.05) is 0 Å². The molecule has 0 saturated carbocycles. The van der Waals surface area contributed by atoms with Crippen molar-refractivity contribution in [3.8, 4) is 6.07 Å². The van der Waals surface area contributed by atoms with Crippen LogP contribution in [0.15, 0.2) is 34.7 Å². The number of benzene rings is 1. The maximum atomic E-state index is 11.3. The largest absolute Gasteiger partial charge is 0.465 e. The Morgan fingerprint density at radius 2 is 2.12 bits per heavy atom. The molecule has 26 heavy (non-hydrogen) atoms. The summed E-state index contributed by atoms with van der Waals surface area (Å²) in [6.07, 6.45) is 0. The van der Waals surface area contributed by atoms with Gasteiger partial charge in [-0.25, -0.2) is 0 Å². The third-order valence-electron chi connectivity index (χ3n) is 4.38. The molecule has 1 fully saturated rings. The van der Waals surface area contributed by atoms with Crippen LogP contribution >= 0.6 is 0 Å². The first-order valence-corrected chi connectivity index (χ1v) is 8.39. The van der Waals surface area contributed by atoms with E-state index < -0.39 is 4.92 Å². The first kappa shape index (κ1) is 17.9. The fourth-order valence-electron chi connectivity index (χ4n) is 3.04. The van der Waals surface area contributed by atoms with E-state index in [-0.39, 0.29) is 11.7 Å². The number of nitrogens with one attached hydrogen (secondary N) is 1. The van der Waals surface area contributed by atoms with Crippen molar-refractivity contribution in [2.75, 3.05) is 38.2 Å². The molecule has 2 aromatic rings. The molecule has 1 saturated heterocycles. The molecule has 0 aliphatic carbocycles. The molecule has 3 rings (SSSR count). The molecule has 1 N–H and O–H groups in total. The molecule has 1 unspecified atom stereocenters. The summed E-state index contributed by atoms with van der Waals surface area (Å²) in [5.41, 5.74) is 0.644. The quantitative estimate of drug-likeness (QED) is 0.627. The van der Waals surface area contributed by atoms with Gasteiger partial charge in [-0.05, 0) is 31.2 Å². The van der Waals surface area contributed by atoms with Gasteiger partial charge in [0.2, 0.25) is 0 Å². The molecule has 136 valence electrons. The van der Waals surface area contributed by atoms with Crippen LogP contribution in [-0.2, 0) is 4.74 Å². The Kier molecular flexibility index (Phi) is 5.51. The van der Waals surface area contributed by atoms with E-state index in [2.05, 4.69) is 10.2 Å². The van der Waals surface area contributed by atoms with Gasteiger partial charge in [0.15, 0.2) is 0 Å². The van der Waals surface area contributed by atoms with Crippen LogP contribution in [0.2, 0.25) is 0 Å². The molecule has 0 bridgehead atoms. The molecule has 1 aromatic carbocycles. The van der Waals surface area contributed by atoms with E-state index in [0.29, 0.717) is 31.0 Å². The fraction of sp³-hybridized carbons (Fsp3) is 0.389. The lowest BCUT2D eigenvalue weighted by atomic mass is 10.1. The minimum Gasteiger partial charge on any atom is -0.465 e. The van der Waals surface area contributed by atoms with Crippen molar-refractivity contribution >= 4 is 11.4 Å². The van der Waals surface area contributed by atoms with Crippen LogP contribution in [0.3, 0.4) is 0 Å². The summed E-state index contributed by atoms with van der Waals surface area (Å²) in [7, 11) is 0. The van der Waals surface area contributed by atoms with E-state index in [1.807, 2.05) is 25.1 Å². The third-order valence-corrected chi connectivity index (χ3v) is 4.38. The second kappa shape index (κ2) is 7.99. The maximum Gasteiger partial charge on any atom is 0.292 e. The molecule has 1 aliphatic rings. The van der Waals surface area contributed by atoms with Crippen molar-refractivity contribution in [1.82, 2.24) is 4.90 Å². The molecule has 1 atom stereocenters. The highest BCUT2D eigenvalue weighted by Crippen LogP contribution is 2.29. The smallest absolute Gasteiger partial charge is 0.292 e. The van der Waals surface area contributed by atoms with Gasteiger partial charge in [-0.3, -0.25) is 15.0 Å². The Labute approximate surface area is 151 Å². The summed E-state index contributed by atoms with van der Waals surface area (Å²) in [4.78, 5) is 13.1. The van der Waals surface area contributed by atoms with Crippen LogP contribution in [0.25, 0.3) is 0 Å². The highest BCUT2D eigenvalue weighted by molar-refractivity contribution is 5.64. The average Bonchev–Trinajstić information content (AvgIpc) is 3.08. The Morgan fingerprint density at radius 1 is 1.35 bits per heavy atom. The SMILES string of the molecule is Cc1ccc(C(CNc2cc(C#N)ccc2[N+](=O)[O-])N2CCOCC2)o1. The summed E-state index contributed by atoms with van der Waals surface area (Å²) >= 11 is 0. The molecular weight excluding hydrogens is 336 g/mol. The van der Waals surface area contributed by atoms with E-state index >= 15 is 0 Å². The predicted molar refractivity (Wildman–Crippen MR) is 94.9 cm³/mol. The van der Waals surface area contributed by atoms with Crippen LogP contribution < -0.4 is 5.32 Å². The van der Waals surface area contributed by atoms with Crippen molar-refractivity contribution < 1.29 is 14.1 Å². The molecule has 2 heterocycles. The summed E-state index contributed by atoms with van der Waals surface area (Å²) in [6, 6.07) is 10.1. The van der Waals surface area contributed by atoms with Crippen molar-refractivity contribution in [3.05, 3.63) is 57.5 Å². The van der Waals surface area contributed by atoms with E-state index in [0.717, 1.165) is 24.6 Å². The first-order valence-electron chi connectivity index (χ1n) is 8.39. The highest BCUT2D eigenvalue weighted by Gasteiger charge is 2.26. The lowest BCUT2D eigenvalue weighted by Crippen LogP contribution is -2.41. The molecule has 0 spiro atoms. The zero-order valence-electron chi connectivity index (χ0n) is 14.5. The Balaban J connectivity index is 1.83. The number of rotatable bonds is 6. The normalized spacial score (nSPS) is 16.0. The van der Waals surface area contributed by atoms with Crippen molar-refractivity contribution in [3.63, 3.8) is 0 Å². The molecule has 8 nitrogen and oxygen atoms in total. The summed E-state index contributed by atoms with van der Waals surface area (Å²) in [5.74, 6) is 1.62. The highest BCUT2D eigenvalue weighted by atomic mass is 16.6. The number of nitriles is 1. The molecule has 1 aromatic heterocycles. The average molecular weight is 356 g/mol. The minimum absolute atomic E-state index is 0.0552. The number of nitro groups is 1. The lowest BCUT2D eigenvalue weighted by molar-refractivity contribution is -0.384. The number of furan rings is 1. The molecule has 0 radical (unpaired) electrons. The second-order valence-electron chi connectivity index (χ2n) is 6.09. The predicted octanol–water partition coefficient (Wildman–Crippen LogP) is 2.85. The monoisotopic (exact) mass is 356 g/mol. The lowest BCUT2D eigenvalue weighted by Gasteiger charge is -2.33. The number of hydrogen-bond donors (Lipinski definition) is 1. The van der Waals surface area contributed by atoms with Gasteiger partial charge in [0, 0.05) is 25.7 Å². The number of hydrogen-bond acceptors (Lipinski definition) is 7. The van der Waals surface area contributed by atoms with Crippen molar-refractivity contribution in [1.29, 1.82) is 5.26 Å². The number of nitro benzene ring substituents is 1. The molecule has 0 amide bonds. The minimum atomic E-state index is -0.454. The van der Waals surface area contributed by atoms with E-state index in [9.17, 15) is 10.1 Å². The topological polar surface area (TPSA) is 105 Å². The molecule has 8 heteroatoms. The van der Waals surface area contributed by atoms with Gasteiger partial charge in [0.25, 0.3) is 5.69 Å². The summed E-state index contributed by atoms with van der Waals surface area (Å²) < 4.78 is 11.2. The zero-order chi connectivity index (χ0) is 18.5. The third kappa shape index (κ3) is 4.02. The standard InChI is InChI=1S/C18H20N4O4/c1-13-2-5-18(26-13)17(21-6-8-25-9-7-21)12-20-15-10-14(11-19)3-4-16(15)22(23)24/h2-5,10,17,20H,6-9,12H2,1H3. The van der Waals surface area contributed by atoms with Crippen LogP contribution in [0.5, 0.6) is 0 Å². The van der Waals surface area contributed by atoms with Gasteiger partial charge in [-0.15, -0.1) is 0 Å². The van der Waals surface area contributed by atoms with Gasteiger partial charge < -0.3 is 14.5 Å². The van der Waals surface area contributed by atoms with Gasteiger partial charge in [0.05, 0.1) is 35.8 Å². The van der Waals surface area contributed by atoms with E-state index in [1.54, 1.807) is 0 Å². The second-order valence-corrected chi connectivity index (χ2v) is 6.09. The Morgan fingerprint density at radius 3 is 2.73 bits per heavy atom.